The number of rotatable bonds is 13. The molecule has 0 radical (unpaired) electrons. The summed E-state index contributed by atoms with van der Waals surface area (Å²) in [7, 11) is -0.825. The Hall–Kier alpha value is -3.56. The van der Waals surface area contributed by atoms with E-state index in [0.29, 0.717) is 17.9 Å². The van der Waals surface area contributed by atoms with Crippen molar-refractivity contribution in [2.45, 2.75) is 23.5 Å². The number of aliphatic hydroxyl groups is 1. The van der Waals surface area contributed by atoms with Crippen LogP contribution in [-0.4, -0.2) is 77.1 Å². The van der Waals surface area contributed by atoms with Crippen molar-refractivity contribution >= 4 is 15.9 Å². The Labute approximate surface area is 223 Å². The lowest BCUT2D eigenvalue weighted by atomic mass is 9.93. The first-order chi connectivity index (χ1) is 18.3. The molecule has 0 spiro atoms. The van der Waals surface area contributed by atoms with Crippen LogP contribution in [0.25, 0.3) is 0 Å². The van der Waals surface area contributed by atoms with Gasteiger partial charge in [0.15, 0.2) is 5.76 Å². The minimum Gasteiger partial charge on any atom is -0.497 e. The van der Waals surface area contributed by atoms with Gasteiger partial charge in [-0.3, -0.25) is 4.79 Å². The van der Waals surface area contributed by atoms with Gasteiger partial charge < -0.3 is 29.4 Å². The molecule has 1 aliphatic rings. The van der Waals surface area contributed by atoms with Gasteiger partial charge >= 0.3 is 0 Å². The van der Waals surface area contributed by atoms with Gasteiger partial charge in [0, 0.05) is 25.4 Å². The predicted octanol–water partition coefficient (Wildman–Crippen LogP) is 1.87. The lowest BCUT2D eigenvalue weighted by molar-refractivity contribution is -0.146. The molecule has 1 amide bonds. The number of nitrogens with one attached hydrogen (secondary N) is 1. The van der Waals surface area contributed by atoms with E-state index in [1.807, 2.05) is 24.3 Å². The van der Waals surface area contributed by atoms with Gasteiger partial charge in [0.05, 0.1) is 38.9 Å². The van der Waals surface area contributed by atoms with Gasteiger partial charge in [-0.15, -0.1) is 6.42 Å². The molecule has 11 heteroatoms. The summed E-state index contributed by atoms with van der Waals surface area (Å²) in [6, 6.07) is 13.4. The number of allylic oxidation sites excluding steroid dienone is 1. The molecular formula is C27H32N2O8S. The maximum atomic E-state index is 13.1. The van der Waals surface area contributed by atoms with Crippen LogP contribution in [0.5, 0.6) is 11.5 Å². The number of aliphatic hydroxyl groups excluding tert-OH is 1. The maximum Gasteiger partial charge on any atom is 0.286 e. The summed E-state index contributed by atoms with van der Waals surface area (Å²) in [5.41, 5.74) is 0.925. The summed E-state index contributed by atoms with van der Waals surface area (Å²) >= 11 is 0. The third-order valence-electron chi connectivity index (χ3n) is 5.87. The van der Waals surface area contributed by atoms with E-state index in [1.54, 1.807) is 25.3 Å². The van der Waals surface area contributed by atoms with Gasteiger partial charge in [-0.25, -0.2) is 8.42 Å². The number of benzene rings is 2. The molecule has 1 heterocycles. The number of methoxy groups -OCH3 is 2. The molecule has 0 aromatic heterocycles. The SMILES string of the molecule is C#CCNC(=O)C1=C[C@@H](c2ccc(OC)cc2)C[C@@H](OCCN(CCO)S(=O)(=O)c2ccc(OC)cc2)O1. The zero-order valence-electron chi connectivity index (χ0n) is 21.3. The van der Waals surface area contributed by atoms with Crippen molar-refractivity contribution in [3.05, 3.63) is 65.9 Å². The zero-order chi connectivity index (χ0) is 27.5. The second kappa shape index (κ2) is 13.8. The molecular weight excluding hydrogens is 512 g/mol. The molecule has 0 saturated heterocycles. The normalized spacial score (nSPS) is 17.2. The molecule has 1 aliphatic heterocycles. The third-order valence-corrected chi connectivity index (χ3v) is 7.78. The molecule has 2 aromatic carbocycles. The fraction of sp³-hybridized carbons (Fsp3) is 0.370. The molecule has 0 saturated carbocycles. The van der Waals surface area contributed by atoms with Crippen LogP contribution in [0.2, 0.25) is 0 Å². The first-order valence-electron chi connectivity index (χ1n) is 11.9. The average molecular weight is 545 g/mol. The Bertz CT molecular complexity index is 1240. The van der Waals surface area contributed by atoms with E-state index in [0.717, 1.165) is 9.87 Å². The van der Waals surface area contributed by atoms with Crippen molar-refractivity contribution in [3.8, 4) is 23.8 Å². The third kappa shape index (κ3) is 7.49. The Kier molecular flexibility index (Phi) is 10.6. The number of hydrogen-bond donors (Lipinski definition) is 2. The van der Waals surface area contributed by atoms with E-state index < -0.39 is 22.2 Å². The summed E-state index contributed by atoms with van der Waals surface area (Å²) in [6.45, 7) is -0.509. The Morgan fingerprint density at radius 2 is 1.74 bits per heavy atom. The molecule has 38 heavy (non-hydrogen) atoms. The van der Waals surface area contributed by atoms with Crippen LogP contribution in [-0.2, 0) is 24.3 Å². The highest BCUT2D eigenvalue weighted by molar-refractivity contribution is 7.89. The highest BCUT2D eigenvalue weighted by Crippen LogP contribution is 2.32. The van der Waals surface area contributed by atoms with Crippen LogP contribution in [0.15, 0.2) is 65.3 Å². The van der Waals surface area contributed by atoms with Crippen LogP contribution in [0.1, 0.15) is 17.9 Å². The van der Waals surface area contributed by atoms with Crippen molar-refractivity contribution in [1.29, 1.82) is 0 Å². The van der Waals surface area contributed by atoms with Crippen LogP contribution in [0.4, 0.5) is 0 Å². The van der Waals surface area contributed by atoms with Crippen molar-refractivity contribution in [2.24, 2.45) is 0 Å². The van der Waals surface area contributed by atoms with Crippen LogP contribution in [0.3, 0.4) is 0 Å². The average Bonchev–Trinajstić information content (AvgIpc) is 2.95. The first kappa shape index (κ1) is 29.0. The second-order valence-electron chi connectivity index (χ2n) is 8.25. The number of amides is 1. The quantitative estimate of drug-likeness (QED) is 0.367. The van der Waals surface area contributed by atoms with Gasteiger partial charge in [0.2, 0.25) is 16.3 Å². The molecule has 0 bridgehead atoms. The standard InChI is InChI=1S/C27H32N2O8S/c1-4-13-28-27(31)25-18-21(20-5-7-22(34-2)8-6-20)19-26(37-25)36-17-15-29(14-16-30)38(32,33)24-11-9-23(35-3)10-12-24/h1,5-12,18,21,26,30H,13-17,19H2,2-3H3,(H,28,31)/t21-,26+/m1/s1. The van der Waals surface area contributed by atoms with Crippen LogP contribution < -0.4 is 14.8 Å². The summed E-state index contributed by atoms with van der Waals surface area (Å²) in [5, 5.41) is 12.1. The number of ether oxygens (including phenoxy) is 4. The number of hydrogen-bond acceptors (Lipinski definition) is 8. The fourth-order valence-electron chi connectivity index (χ4n) is 3.87. The monoisotopic (exact) mass is 544 g/mol. The van der Waals surface area contributed by atoms with E-state index >= 15 is 0 Å². The van der Waals surface area contributed by atoms with Gasteiger partial charge in [0.25, 0.3) is 5.91 Å². The molecule has 204 valence electrons. The van der Waals surface area contributed by atoms with Gasteiger partial charge in [0.1, 0.15) is 11.5 Å². The van der Waals surface area contributed by atoms with E-state index in [1.165, 1.54) is 19.2 Å². The zero-order valence-corrected chi connectivity index (χ0v) is 22.1. The van der Waals surface area contributed by atoms with Crippen molar-refractivity contribution < 1.29 is 37.3 Å². The topological polar surface area (TPSA) is 124 Å². The van der Waals surface area contributed by atoms with Gasteiger partial charge in [-0.05, 0) is 48.0 Å². The lowest BCUT2D eigenvalue weighted by Gasteiger charge is -2.30. The van der Waals surface area contributed by atoms with E-state index in [-0.39, 0.29) is 49.4 Å². The Balaban J connectivity index is 1.71. The Morgan fingerprint density at radius 1 is 1.11 bits per heavy atom. The second-order valence-corrected chi connectivity index (χ2v) is 10.2. The number of terminal acetylenes is 1. The number of nitrogens with zero attached hydrogens (tertiary/aromatic N) is 1. The molecule has 0 unspecified atom stereocenters. The first-order valence-corrected chi connectivity index (χ1v) is 13.4. The fourth-order valence-corrected chi connectivity index (χ4v) is 5.28. The summed E-state index contributed by atoms with van der Waals surface area (Å²) in [4.78, 5) is 12.6. The maximum absolute atomic E-state index is 13.1. The van der Waals surface area contributed by atoms with E-state index in [2.05, 4.69) is 11.2 Å². The minimum absolute atomic E-state index is 0.0331. The predicted molar refractivity (Wildman–Crippen MR) is 140 cm³/mol. The minimum atomic E-state index is -3.90. The summed E-state index contributed by atoms with van der Waals surface area (Å²) < 4.78 is 49.4. The Morgan fingerprint density at radius 3 is 2.32 bits per heavy atom. The molecule has 0 fully saturated rings. The highest BCUT2D eigenvalue weighted by atomic mass is 32.2. The summed E-state index contributed by atoms with van der Waals surface area (Å²) in [5.74, 6) is 2.96. The number of sulfonamides is 1. The van der Waals surface area contributed by atoms with E-state index in [4.69, 9.17) is 25.4 Å². The molecule has 2 N–H and O–H groups in total. The van der Waals surface area contributed by atoms with Crippen LogP contribution in [0, 0.1) is 12.3 Å². The van der Waals surface area contributed by atoms with Crippen molar-refractivity contribution in [2.75, 3.05) is 47.1 Å². The molecule has 2 aromatic rings. The largest absolute Gasteiger partial charge is 0.497 e. The van der Waals surface area contributed by atoms with Crippen LogP contribution >= 0.6 is 0 Å². The molecule has 3 rings (SSSR count). The molecule has 2 atom stereocenters. The molecule has 0 aliphatic carbocycles. The number of carbonyl (C=O) groups is 1. The smallest absolute Gasteiger partial charge is 0.286 e. The van der Waals surface area contributed by atoms with Crippen molar-refractivity contribution in [3.63, 3.8) is 0 Å². The van der Waals surface area contributed by atoms with Crippen molar-refractivity contribution in [1.82, 2.24) is 9.62 Å². The van der Waals surface area contributed by atoms with Gasteiger partial charge in [-0.2, -0.15) is 4.31 Å². The van der Waals surface area contributed by atoms with E-state index in [9.17, 15) is 18.3 Å². The number of carbonyl (C=O) groups excluding carboxylic acids is 1. The lowest BCUT2D eigenvalue weighted by Crippen LogP contribution is -2.38. The van der Waals surface area contributed by atoms with Gasteiger partial charge in [-0.1, -0.05) is 18.1 Å². The summed E-state index contributed by atoms with van der Waals surface area (Å²) in [6.07, 6.45) is 6.53. The molecule has 10 nitrogen and oxygen atoms in total. The highest BCUT2D eigenvalue weighted by Gasteiger charge is 2.30.